The van der Waals surface area contributed by atoms with Crippen LogP contribution >= 0.6 is 0 Å². The molecule has 1 saturated heterocycles. The van der Waals surface area contributed by atoms with E-state index in [4.69, 9.17) is 4.74 Å². The summed E-state index contributed by atoms with van der Waals surface area (Å²) in [6.45, 7) is 4.70. The lowest BCUT2D eigenvalue weighted by atomic mass is 10.2. The molecule has 0 saturated carbocycles. The molecule has 0 radical (unpaired) electrons. The highest BCUT2D eigenvalue weighted by Gasteiger charge is 2.16. The van der Waals surface area contributed by atoms with Crippen molar-refractivity contribution in [1.82, 2.24) is 10.2 Å². The van der Waals surface area contributed by atoms with Gasteiger partial charge < -0.3 is 10.1 Å². The summed E-state index contributed by atoms with van der Waals surface area (Å²) in [5, 5.41) is 2.73. The fourth-order valence-corrected chi connectivity index (χ4v) is 3.97. The van der Waals surface area contributed by atoms with Gasteiger partial charge in [0.2, 0.25) is 5.91 Å². The molecule has 0 spiro atoms. The summed E-state index contributed by atoms with van der Waals surface area (Å²) in [7, 11) is -3.52. The van der Waals surface area contributed by atoms with Crippen LogP contribution in [-0.4, -0.2) is 64.4 Å². The zero-order valence-electron chi connectivity index (χ0n) is 14.2. The van der Waals surface area contributed by atoms with Crippen LogP contribution in [-0.2, 0) is 25.1 Å². The molecular formula is C17H25FN2O4S. The van der Waals surface area contributed by atoms with Crippen LogP contribution in [0, 0.1) is 5.82 Å². The van der Waals surface area contributed by atoms with Crippen LogP contribution in [0.4, 0.5) is 4.39 Å². The average Bonchev–Trinajstić information content (AvgIpc) is 2.60. The topological polar surface area (TPSA) is 75.7 Å². The van der Waals surface area contributed by atoms with Crippen molar-refractivity contribution in [2.45, 2.75) is 18.6 Å². The maximum Gasteiger partial charge on any atom is 0.221 e. The number of halogens is 1. The van der Waals surface area contributed by atoms with Gasteiger partial charge in [0.1, 0.15) is 5.82 Å². The second kappa shape index (κ2) is 9.84. The summed E-state index contributed by atoms with van der Waals surface area (Å²) in [6.07, 6.45) is 0.710. The lowest BCUT2D eigenvalue weighted by Gasteiger charge is -2.26. The Labute approximate surface area is 148 Å². The maximum absolute atomic E-state index is 13.5. The molecule has 0 atom stereocenters. The molecule has 0 aliphatic carbocycles. The third kappa shape index (κ3) is 7.50. The number of sulfone groups is 1. The molecule has 1 amide bonds. The van der Waals surface area contributed by atoms with Crippen LogP contribution in [0.2, 0.25) is 0 Å². The Morgan fingerprint density at radius 2 is 1.96 bits per heavy atom. The third-order valence-electron chi connectivity index (χ3n) is 4.05. The fraction of sp³-hybridized carbons (Fsp3) is 0.588. The lowest BCUT2D eigenvalue weighted by Crippen LogP contribution is -2.38. The molecule has 1 aliphatic heterocycles. The van der Waals surface area contributed by atoms with Gasteiger partial charge in [-0.3, -0.25) is 9.69 Å². The Morgan fingerprint density at radius 1 is 1.24 bits per heavy atom. The Morgan fingerprint density at radius 3 is 2.68 bits per heavy atom. The fourth-order valence-electron chi connectivity index (χ4n) is 2.62. The highest BCUT2D eigenvalue weighted by atomic mass is 32.2. The Hall–Kier alpha value is -1.51. The summed E-state index contributed by atoms with van der Waals surface area (Å²) in [5.41, 5.74) is 0.133. The first kappa shape index (κ1) is 19.8. The Bertz CT molecular complexity index is 660. The maximum atomic E-state index is 13.5. The summed E-state index contributed by atoms with van der Waals surface area (Å²) in [4.78, 5) is 14.0. The largest absolute Gasteiger partial charge is 0.379 e. The van der Waals surface area contributed by atoms with Gasteiger partial charge in [0.05, 0.1) is 24.7 Å². The highest BCUT2D eigenvalue weighted by molar-refractivity contribution is 7.90. The summed E-state index contributed by atoms with van der Waals surface area (Å²) in [5.74, 6) is -1.50. The van der Waals surface area contributed by atoms with Gasteiger partial charge in [-0.05, 0) is 19.0 Å². The minimum Gasteiger partial charge on any atom is -0.379 e. The van der Waals surface area contributed by atoms with E-state index in [0.29, 0.717) is 6.54 Å². The van der Waals surface area contributed by atoms with Gasteiger partial charge in [0.15, 0.2) is 9.84 Å². The number of hydrogen-bond acceptors (Lipinski definition) is 5. The molecule has 1 aromatic carbocycles. The van der Waals surface area contributed by atoms with Crippen molar-refractivity contribution in [2.75, 3.05) is 45.1 Å². The molecular weight excluding hydrogens is 347 g/mol. The summed E-state index contributed by atoms with van der Waals surface area (Å²) < 4.78 is 42.8. The smallest absolute Gasteiger partial charge is 0.221 e. The molecule has 1 N–H and O–H groups in total. The third-order valence-corrected chi connectivity index (χ3v) is 5.63. The van der Waals surface area contributed by atoms with Gasteiger partial charge >= 0.3 is 0 Å². The van der Waals surface area contributed by atoms with Crippen LogP contribution in [0.15, 0.2) is 24.3 Å². The molecule has 1 heterocycles. The van der Waals surface area contributed by atoms with Crippen LogP contribution in [0.3, 0.4) is 0 Å². The van der Waals surface area contributed by atoms with E-state index < -0.39 is 15.7 Å². The number of amides is 1. The predicted octanol–water partition coefficient (Wildman–Crippen LogP) is 0.969. The van der Waals surface area contributed by atoms with Crippen LogP contribution < -0.4 is 5.32 Å². The standard InChI is InChI=1S/C17H25FN2O4S/c18-16-5-2-1-4-15(16)14-25(22,23)13-6-17(21)19-7-3-8-20-9-11-24-12-10-20/h1-2,4-5H,3,6-14H2,(H,19,21). The predicted molar refractivity (Wildman–Crippen MR) is 93.4 cm³/mol. The average molecular weight is 372 g/mol. The van der Waals surface area contributed by atoms with E-state index in [2.05, 4.69) is 10.2 Å². The minimum absolute atomic E-state index is 0.103. The van der Waals surface area contributed by atoms with Crippen LogP contribution in [0.1, 0.15) is 18.4 Å². The first-order chi connectivity index (χ1) is 12.0. The van der Waals surface area contributed by atoms with Crippen molar-refractivity contribution in [3.05, 3.63) is 35.6 Å². The first-order valence-corrected chi connectivity index (χ1v) is 10.3. The van der Waals surface area contributed by atoms with Crippen molar-refractivity contribution in [2.24, 2.45) is 0 Å². The van der Waals surface area contributed by atoms with E-state index in [9.17, 15) is 17.6 Å². The number of nitrogens with zero attached hydrogens (tertiary/aromatic N) is 1. The van der Waals surface area contributed by atoms with Gasteiger partial charge in [-0.25, -0.2) is 12.8 Å². The molecule has 8 heteroatoms. The van der Waals surface area contributed by atoms with E-state index in [1.807, 2.05) is 0 Å². The van der Waals surface area contributed by atoms with Crippen LogP contribution in [0.5, 0.6) is 0 Å². The van der Waals surface area contributed by atoms with E-state index in [1.165, 1.54) is 18.2 Å². The SMILES string of the molecule is O=C(CCS(=O)(=O)Cc1ccccc1F)NCCCN1CCOCC1. The van der Waals surface area contributed by atoms with Gasteiger partial charge in [-0.2, -0.15) is 0 Å². The van der Waals surface area contributed by atoms with Gasteiger partial charge in [0, 0.05) is 31.6 Å². The first-order valence-electron chi connectivity index (χ1n) is 8.47. The Balaban J connectivity index is 1.64. The molecule has 6 nitrogen and oxygen atoms in total. The zero-order valence-corrected chi connectivity index (χ0v) is 15.1. The zero-order chi connectivity index (χ0) is 18.1. The summed E-state index contributed by atoms with van der Waals surface area (Å²) >= 11 is 0. The van der Waals surface area contributed by atoms with Gasteiger partial charge in [0.25, 0.3) is 0 Å². The number of benzene rings is 1. The van der Waals surface area contributed by atoms with Gasteiger partial charge in [-0.15, -0.1) is 0 Å². The molecule has 25 heavy (non-hydrogen) atoms. The molecule has 0 aromatic heterocycles. The van der Waals surface area contributed by atoms with Gasteiger partial charge in [-0.1, -0.05) is 18.2 Å². The summed E-state index contributed by atoms with van der Waals surface area (Å²) in [6, 6.07) is 5.77. The monoisotopic (exact) mass is 372 g/mol. The number of ether oxygens (including phenoxy) is 1. The van der Waals surface area contributed by atoms with E-state index in [0.717, 1.165) is 39.3 Å². The molecule has 1 aliphatic rings. The normalized spacial score (nSPS) is 15.9. The van der Waals surface area contributed by atoms with Crippen molar-refractivity contribution in [3.8, 4) is 0 Å². The highest BCUT2D eigenvalue weighted by Crippen LogP contribution is 2.11. The molecule has 0 bridgehead atoms. The van der Waals surface area contributed by atoms with Crippen molar-refractivity contribution in [3.63, 3.8) is 0 Å². The second-order valence-electron chi connectivity index (χ2n) is 6.09. The Kier molecular flexibility index (Phi) is 7.80. The van der Waals surface area contributed by atoms with E-state index >= 15 is 0 Å². The molecule has 0 unspecified atom stereocenters. The molecule has 1 fully saturated rings. The molecule has 140 valence electrons. The number of hydrogen-bond donors (Lipinski definition) is 1. The second-order valence-corrected chi connectivity index (χ2v) is 8.28. The molecule has 1 aromatic rings. The number of carbonyl (C=O) groups excluding carboxylic acids is 1. The number of carbonyl (C=O) groups is 1. The number of morpholine rings is 1. The number of rotatable bonds is 9. The minimum atomic E-state index is -3.52. The van der Waals surface area contributed by atoms with Crippen molar-refractivity contribution < 1.29 is 22.3 Å². The molecule has 2 rings (SSSR count). The van der Waals surface area contributed by atoms with E-state index in [-0.39, 0.29) is 29.4 Å². The quantitative estimate of drug-likeness (QED) is 0.654. The lowest BCUT2D eigenvalue weighted by molar-refractivity contribution is -0.120. The van der Waals surface area contributed by atoms with Crippen molar-refractivity contribution in [1.29, 1.82) is 0 Å². The van der Waals surface area contributed by atoms with Crippen molar-refractivity contribution >= 4 is 15.7 Å². The van der Waals surface area contributed by atoms with E-state index in [1.54, 1.807) is 6.07 Å². The number of nitrogens with one attached hydrogen (secondary N) is 1. The van der Waals surface area contributed by atoms with Crippen LogP contribution in [0.25, 0.3) is 0 Å².